The SMILES string of the molecule is C=CC(O)NCCCC1CCC(C2CCC(CCCCC)CC2)CC1. The first kappa shape index (κ1) is 21.0. The van der Waals surface area contributed by atoms with Gasteiger partial charge in [-0.15, -0.1) is 0 Å². The van der Waals surface area contributed by atoms with Crippen LogP contribution in [0.1, 0.15) is 96.8 Å². The molecule has 0 amide bonds. The molecule has 2 aliphatic carbocycles. The summed E-state index contributed by atoms with van der Waals surface area (Å²) in [6.07, 6.45) is 21.3. The molecule has 2 saturated carbocycles. The van der Waals surface area contributed by atoms with Crippen LogP contribution in [0.4, 0.5) is 0 Å². The standard InChI is InChI=1S/C23H43NO/c1-3-5-6-8-19-10-14-21(15-11-19)22-16-12-20(13-17-22)9-7-18-24-23(25)4-2/h4,19-25H,2-3,5-18H2,1H3. The Hall–Kier alpha value is -0.340. The zero-order valence-corrected chi connectivity index (χ0v) is 16.7. The minimum absolute atomic E-state index is 0.534. The molecule has 25 heavy (non-hydrogen) atoms. The maximum atomic E-state index is 9.42. The van der Waals surface area contributed by atoms with Crippen LogP contribution in [0.5, 0.6) is 0 Å². The van der Waals surface area contributed by atoms with Gasteiger partial charge in [-0.1, -0.05) is 64.9 Å². The Balaban J connectivity index is 1.54. The number of unbranched alkanes of at least 4 members (excludes halogenated alkanes) is 2. The molecular formula is C23H43NO. The minimum Gasteiger partial charge on any atom is -0.375 e. The zero-order chi connectivity index (χ0) is 17.9. The molecule has 2 nitrogen and oxygen atoms in total. The van der Waals surface area contributed by atoms with Crippen molar-refractivity contribution < 1.29 is 5.11 Å². The van der Waals surface area contributed by atoms with Gasteiger partial charge in [0.05, 0.1) is 0 Å². The molecule has 2 fully saturated rings. The Kier molecular flexibility index (Phi) is 10.2. The molecule has 146 valence electrons. The van der Waals surface area contributed by atoms with E-state index in [1.165, 1.54) is 89.9 Å². The van der Waals surface area contributed by atoms with Crippen LogP contribution in [0.3, 0.4) is 0 Å². The molecule has 1 unspecified atom stereocenters. The van der Waals surface area contributed by atoms with Crippen LogP contribution < -0.4 is 5.32 Å². The van der Waals surface area contributed by atoms with Crippen molar-refractivity contribution in [3.63, 3.8) is 0 Å². The van der Waals surface area contributed by atoms with Crippen molar-refractivity contribution in [2.75, 3.05) is 6.54 Å². The summed E-state index contributed by atoms with van der Waals surface area (Å²) in [6.45, 7) is 6.82. The molecule has 0 aromatic carbocycles. The first-order valence-corrected chi connectivity index (χ1v) is 11.3. The van der Waals surface area contributed by atoms with Gasteiger partial charge >= 0.3 is 0 Å². The largest absolute Gasteiger partial charge is 0.375 e. The minimum atomic E-state index is -0.534. The van der Waals surface area contributed by atoms with E-state index in [-0.39, 0.29) is 0 Å². The lowest BCUT2D eigenvalue weighted by atomic mass is 9.68. The van der Waals surface area contributed by atoms with Crippen LogP contribution in [0.15, 0.2) is 12.7 Å². The van der Waals surface area contributed by atoms with Gasteiger partial charge in [0.1, 0.15) is 6.23 Å². The van der Waals surface area contributed by atoms with E-state index in [0.29, 0.717) is 0 Å². The van der Waals surface area contributed by atoms with Crippen molar-refractivity contribution in [2.45, 2.75) is 103 Å². The third-order valence-electron chi connectivity index (χ3n) is 7.03. The van der Waals surface area contributed by atoms with E-state index >= 15 is 0 Å². The predicted octanol–water partition coefficient (Wildman–Crippen LogP) is 6.05. The number of aliphatic hydroxyl groups excluding tert-OH is 1. The fraction of sp³-hybridized carbons (Fsp3) is 0.913. The summed E-state index contributed by atoms with van der Waals surface area (Å²) >= 11 is 0. The van der Waals surface area contributed by atoms with E-state index in [0.717, 1.165) is 30.2 Å². The van der Waals surface area contributed by atoms with E-state index in [4.69, 9.17) is 0 Å². The van der Waals surface area contributed by atoms with Gasteiger partial charge in [-0.05, 0) is 74.8 Å². The molecule has 2 rings (SSSR count). The summed E-state index contributed by atoms with van der Waals surface area (Å²) in [5.41, 5.74) is 0. The third kappa shape index (κ3) is 7.83. The van der Waals surface area contributed by atoms with Gasteiger partial charge in [0.25, 0.3) is 0 Å². The normalized spacial score (nSPS) is 31.6. The summed E-state index contributed by atoms with van der Waals surface area (Å²) in [7, 11) is 0. The van der Waals surface area contributed by atoms with Gasteiger partial charge < -0.3 is 5.11 Å². The average Bonchev–Trinajstić information content (AvgIpc) is 2.66. The second-order valence-corrected chi connectivity index (χ2v) is 8.83. The van der Waals surface area contributed by atoms with Crippen LogP contribution >= 0.6 is 0 Å². The fourth-order valence-corrected chi connectivity index (χ4v) is 5.30. The van der Waals surface area contributed by atoms with E-state index in [2.05, 4.69) is 18.8 Å². The van der Waals surface area contributed by atoms with Crippen molar-refractivity contribution in [3.8, 4) is 0 Å². The van der Waals surface area contributed by atoms with Crippen LogP contribution in [0, 0.1) is 23.7 Å². The molecule has 0 radical (unpaired) electrons. The molecule has 0 aromatic rings. The van der Waals surface area contributed by atoms with Crippen LogP contribution in [-0.4, -0.2) is 17.9 Å². The maximum Gasteiger partial charge on any atom is 0.123 e. The molecule has 2 aliphatic rings. The summed E-state index contributed by atoms with van der Waals surface area (Å²) in [5.74, 6) is 4.07. The Bertz CT molecular complexity index is 340. The highest BCUT2D eigenvalue weighted by atomic mass is 16.3. The van der Waals surface area contributed by atoms with E-state index < -0.39 is 6.23 Å². The molecule has 2 N–H and O–H groups in total. The summed E-state index contributed by atoms with van der Waals surface area (Å²) in [5, 5.41) is 12.5. The molecule has 0 heterocycles. The second kappa shape index (κ2) is 12.1. The van der Waals surface area contributed by atoms with Crippen molar-refractivity contribution in [1.82, 2.24) is 5.32 Å². The van der Waals surface area contributed by atoms with Gasteiger partial charge in [-0.2, -0.15) is 0 Å². The molecular weight excluding hydrogens is 306 g/mol. The molecule has 0 saturated heterocycles. The Morgan fingerprint density at radius 2 is 1.40 bits per heavy atom. The van der Waals surface area contributed by atoms with E-state index in [1.807, 2.05) is 0 Å². The van der Waals surface area contributed by atoms with Gasteiger partial charge in [0.15, 0.2) is 0 Å². The van der Waals surface area contributed by atoms with Gasteiger partial charge in [0, 0.05) is 0 Å². The predicted molar refractivity (Wildman–Crippen MR) is 108 cm³/mol. The number of aliphatic hydroxyl groups is 1. The zero-order valence-electron chi connectivity index (χ0n) is 16.7. The Labute approximate surface area is 156 Å². The maximum absolute atomic E-state index is 9.42. The summed E-state index contributed by atoms with van der Waals surface area (Å²) < 4.78 is 0. The van der Waals surface area contributed by atoms with Gasteiger partial charge in [-0.25, -0.2) is 0 Å². The van der Waals surface area contributed by atoms with Gasteiger partial charge in [-0.3, -0.25) is 5.32 Å². The number of nitrogens with one attached hydrogen (secondary N) is 1. The lowest BCUT2D eigenvalue weighted by molar-refractivity contribution is 0.138. The lowest BCUT2D eigenvalue weighted by Crippen LogP contribution is -2.28. The Morgan fingerprint density at radius 1 is 0.880 bits per heavy atom. The quantitative estimate of drug-likeness (QED) is 0.270. The molecule has 2 heteroatoms. The highest BCUT2D eigenvalue weighted by Crippen LogP contribution is 2.43. The number of hydrogen-bond acceptors (Lipinski definition) is 2. The molecule has 0 spiro atoms. The molecule has 0 aliphatic heterocycles. The summed E-state index contributed by atoms with van der Waals surface area (Å²) in [6, 6.07) is 0. The van der Waals surface area contributed by atoms with Crippen molar-refractivity contribution in [2.24, 2.45) is 23.7 Å². The van der Waals surface area contributed by atoms with E-state index in [1.54, 1.807) is 6.08 Å². The topological polar surface area (TPSA) is 32.3 Å². The molecule has 0 bridgehead atoms. The van der Waals surface area contributed by atoms with Crippen LogP contribution in [-0.2, 0) is 0 Å². The first-order valence-electron chi connectivity index (χ1n) is 11.3. The average molecular weight is 350 g/mol. The fourth-order valence-electron chi connectivity index (χ4n) is 5.30. The number of hydrogen-bond donors (Lipinski definition) is 2. The Morgan fingerprint density at radius 3 is 1.88 bits per heavy atom. The monoisotopic (exact) mass is 349 g/mol. The molecule has 1 atom stereocenters. The summed E-state index contributed by atoms with van der Waals surface area (Å²) in [4.78, 5) is 0. The van der Waals surface area contributed by atoms with Gasteiger partial charge in [0.2, 0.25) is 0 Å². The van der Waals surface area contributed by atoms with Crippen molar-refractivity contribution in [3.05, 3.63) is 12.7 Å². The lowest BCUT2D eigenvalue weighted by Gasteiger charge is -2.38. The van der Waals surface area contributed by atoms with E-state index in [9.17, 15) is 5.11 Å². The highest BCUT2D eigenvalue weighted by molar-refractivity contribution is 4.82. The first-order chi connectivity index (χ1) is 12.2. The van der Waals surface area contributed by atoms with Crippen molar-refractivity contribution >= 4 is 0 Å². The second-order valence-electron chi connectivity index (χ2n) is 8.83. The smallest absolute Gasteiger partial charge is 0.123 e. The third-order valence-corrected chi connectivity index (χ3v) is 7.03. The molecule has 0 aromatic heterocycles. The highest BCUT2D eigenvalue weighted by Gasteiger charge is 2.30. The number of rotatable bonds is 11. The van der Waals surface area contributed by atoms with Crippen LogP contribution in [0.25, 0.3) is 0 Å². The van der Waals surface area contributed by atoms with Crippen LogP contribution in [0.2, 0.25) is 0 Å². The van der Waals surface area contributed by atoms with Crippen molar-refractivity contribution in [1.29, 1.82) is 0 Å².